The average Bonchev–Trinajstić information content (AvgIpc) is 2.52. The Labute approximate surface area is 117 Å². The topological polar surface area (TPSA) is 96.0 Å². The molecule has 114 valence electrons. The summed E-state index contributed by atoms with van der Waals surface area (Å²) in [5.41, 5.74) is -1.34. The van der Waals surface area contributed by atoms with Crippen molar-refractivity contribution in [3.8, 4) is 0 Å². The van der Waals surface area contributed by atoms with Gasteiger partial charge in [-0.25, -0.2) is 4.98 Å². The van der Waals surface area contributed by atoms with E-state index in [9.17, 15) is 9.13 Å². The Morgan fingerprint density at radius 1 is 1.00 bits per heavy atom. The van der Waals surface area contributed by atoms with Gasteiger partial charge in [0.15, 0.2) is 0 Å². The van der Waals surface area contributed by atoms with Crippen molar-refractivity contribution in [1.29, 1.82) is 0 Å². The molecule has 1 aromatic rings. The van der Waals surface area contributed by atoms with Gasteiger partial charge in [0, 0.05) is 34.6 Å². The van der Waals surface area contributed by atoms with Crippen LogP contribution >= 0.6 is 15.2 Å². The molecule has 0 aliphatic heterocycles. The van der Waals surface area contributed by atoms with E-state index in [4.69, 9.17) is 18.1 Å². The quantitative estimate of drug-likeness (QED) is 0.729. The first kappa shape index (κ1) is 17.3. The highest BCUT2D eigenvalue weighted by molar-refractivity contribution is 7.72. The highest BCUT2D eigenvalue weighted by Crippen LogP contribution is 2.68. The molecular weight excluding hydrogens is 306 g/mol. The Morgan fingerprint density at radius 2 is 1.50 bits per heavy atom. The van der Waals surface area contributed by atoms with Crippen molar-refractivity contribution in [3.05, 3.63) is 24.4 Å². The normalized spacial score (nSPS) is 12.7. The Balaban J connectivity index is 3.21. The average molecular weight is 324 g/mol. The predicted octanol–water partition coefficient (Wildman–Crippen LogP) is 2.75. The lowest BCUT2D eigenvalue weighted by molar-refractivity contribution is 0.250. The number of hydrogen-bond acceptors (Lipinski definition) is 8. The molecule has 0 bridgehead atoms. The molecule has 0 spiro atoms. The van der Waals surface area contributed by atoms with Crippen LogP contribution in [-0.2, 0) is 27.2 Å². The lowest BCUT2D eigenvalue weighted by atomic mass is 10.5. The molecule has 0 aliphatic rings. The molecule has 1 N–H and O–H groups in total. The molecule has 0 atom stereocenters. The third-order valence-electron chi connectivity index (χ3n) is 2.56. The van der Waals surface area contributed by atoms with E-state index in [1.165, 1.54) is 34.6 Å². The van der Waals surface area contributed by atoms with Gasteiger partial charge >= 0.3 is 15.2 Å². The first-order valence-corrected chi connectivity index (χ1v) is 8.78. The van der Waals surface area contributed by atoms with E-state index in [2.05, 4.69) is 10.3 Å². The van der Waals surface area contributed by atoms with Gasteiger partial charge in [0.2, 0.25) is 5.52 Å². The molecule has 0 unspecified atom stereocenters. The third kappa shape index (κ3) is 3.67. The molecule has 1 aromatic heterocycles. The van der Waals surface area contributed by atoms with E-state index in [-0.39, 0.29) is 0 Å². The summed E-state index contributed by atoms with van der Waals surface area (Å²) >= 11 is 0. The molecular formula is C10H18N2O6P2. The summed E-state index contributed by atoms with van der Waals surface area (Å²) in [7, 11) is -2.80. The maximum atomic E-state index is 12.6. The van der Waals surface area contributed by atoms with Gasteiger partial charge in [-0.05, 0) is 12.1 Å². The van der Waals surface area contributed by atoms with Crippen LogP contribution in [-0.4, -0.2) is 38.9 Å². The SMILES string of the molecule is COP(=O)(OC)C(Nc1ccccn1)P(=O)(OC)OC. The van der Waals surface area contributed by atoms with Crippen molar-refractivity contribution in [1.82, 2.24) is 4.98 Å². The number of nitrogens with zero attached hydrogens (tertiary/aromatic N) is 1. The van der Waals surface area contributed by atoms with Gasteiger partial charge in [0.25, 0.3) is 0 Å². The number of rotatable bonds is 8. The number of hydrogen-bond donors (Lipinski definition) is 1. The summed E-state index contributed by atoms with van der Waals surface area (Å²) in [5.74, 6) is 0.334. The van der Waals surface area contributed by atoms with E-state index < -0.39 is 20.7 Å². The zero-order chi connectivity index (χ0) is 15.2. The van der Waals surface area contributed by atoms with Gasteiger partial charge in [0.1, 0.15) is 5.82 Å². The zero-order valence-corrected chi connectivity index (χ0v) is 13.5. The van der Waals surface area contributed by atoms with Crippen molar-refractivity contribution in [2.45, 2.75) is 5.52 Å². The summed E-state index contributed by atoms with van der Waals surface area (Å²) in [6, 6.07) is 5.03. The molecule has 10 heteroatoms. The monoisotopic (exact) mass is 324 g/mol. The Hall–Kier alpha value is -0.750. The number of aromatic nitrogens is 1. The second-order valence-electron chi connectivity index (χ2n) is 3.54. The van der Waals surface area contributed by atoms with Crippen LogP contribution in [0, 0.1) is 0 Å². The van der Waals surface area contributed by atoms with Gasteiger partial charge < -0.3 is 23.4 Å². The van der Waals surface area contributed by atoms with Crippen molar-refractivity contribution in [2.75, 3.05) is 33.8 Å². The van der Waals surface area contributed by atoms with Crippen LogP contribution in [0.3, 0.4) is 0 Å². The van der Waals surface area contributed by atoms with Crippen molar-refractivity contribution >= 4 is 21.0 Å². The van der Waals surface area contributed by atoms with Gasteiger partial charge in [-0.2, -0.15) is 0 Å². The van der Waals surface area contributed by atoms with Crippen molar-refractivity contribution < 1.29 is 27.2 Å². The third-order valence-corrected chi connectivity index (χ3v) is 7.75. The summed E-state index contributed by atoms with van der Waals surface area (Å²) in [6.45, 7) is 0. The predicted molar refractivity (Wildman–Crippen MR) is 74.9 cm³/mol. The van der Waals surface area contributed by atoms with Crippen LogP contribution in [0.4, 0.5) is 5.82 Å². The number of anilines is 1. The van der Waals surface area contributed by atoms with Gasteiger partial charge in [-0.15, -0.1) is 0 Å². The first-order chi connectivity index (χ1) is 9.45. The van der Waals surface area contributed by atoms with E-state index in [0.717, 1.165) is 0 Å². The Morgan fingerprint density at radius 3 is 1.85 bits per heavy atom. The van der Waals surface area contributed by atoms with Crippen molar-refractivity contribution in [3.63, 3.8) is 0 Å². The highest BCUT2D eigenvalue weighted by atomic mass is 31.2. The minimum absolute atomic E-state index is 0.334. The summed E-state index contributed by atoms with van der Waals surface area (Å²) < 4.78 is 44.6. The Bertz CT molecular complexity index is 470. The largest absolute Gasteiger partial charge is 0.364 e. The fourth-order valence-electron chi connectivity index (χ4n) is 1.46. The minimum atomic E-state index is -3.78. The Kier molecular flexibility index (Phi) is 6.33. The van der Waals surface area contributed by atoms with Gasteiger partial charge in [-0.3, -0.25) is 9.13 Å². The maximum absolute atomic E-state index is 12.6. The smallest absolute Gasteiger partial charge is 0.346 e. The second kappa shape index (κ2) is 7.31. The van der Waals surface area contributed by atoms with Crippen molar-refractivity contribution in [2.24, 2.45) is 0 Å². The molecule has 0 saturated heterocycles. The van der Waals surface area contributed by atoms with Crippen LogP contribution in [0.15, 0.2) is 24.4 Å². The van der Waals surface area contributed by atoms with Crippen LogP contribution in [0.2, 0.25) is 0 Å². The van der Waals surface area contributed by atoms with E-state index in [1.54, 1.807) is 18.2 Å². The molecule has 0 amide bonds. The van der Waals surface area contributed by atoms with Crippen LogP contribution in [0.1, 0.15) is 0 Å². The van der Waals surface area contributed by atoms with E-state index in [0.29, 0.717) is 5.82 Å². The molecule has 0 aromatic carbocycles. The van der Waals surface area contributed by atoms with E-state index >= 15 is 0 Å². The summed E-state index contributed by atoms with van der Waals surface area (Å²) in [6.07, 6.45) is 1.52. The summed E-state index contributed by atoms with van der Waals surface area (Å²) in [4.78, 5) is 4.01. The molecule has 0 fully saturated rings. The molecule has 1 rings (SSSR count). The number of nitrogens with one attached hydrogen (secondary N) is 1. The summed E-state index contributed by atoms with van der Waals surface area (Å²) in [5, 5.41) is 2.73. The molecule has 8 nitrogen and oxygen atoms in total. The maximum Gasteiger partial charge on any atom is 0.364 e. The van der Waals surface area contributed by atoms with E-state index in [1.807, 2.05) is 0 Å². The second-order valence-corrected chi connectivity index (χ2v) is 8.60. The lowest BCUT2D eigenvalue weighted by Crippen LogP contribution is -2.23. The number of pyridine rings is 1. The fraction of sp³-hybridized carbons (Fsp3) is 0.500. The molecule has 0 aliphatic carbocycles. The minimum Gasteiger partial charge on any atom is -0.346 e. The fourth-order valence-corrected chi connectivity index (χ4v) is 5.65. The zero-order valence-electron chi connectivity index (χ0n) is 11.7. The first-order valence-electron chi connectivity index (χ1n) is 5.55. The lowest BCUT2D eigenvalue weighted by Gasteiger charge is -2.29. The van der Waals surface area contributed by atoms with Gasteiger partial charge in [-0.1, -0.05) is 6.07 Å². The molecule has 1 heterocycles. The standard InChI is InChI=1S/C10H18N2O6P2/c1-15-19(13,16-2)10(20(14,17-3)18-4)12-9-7-5-6-8-11-9/h5-8,10H,1-4H3,(H,11,12). The van der Waals surface area contributed by atoms with Gasteiger partial charge in [0.05, 0.1) is 0 Å². The molecule has 0 saturated carbocycles. The highest BCUT2D eigenvalue weighted by Gasteiger charge is 2.49. The van der Waals surface area contributed by atoms with Crippen LogP contribution in [0.25, 0.3) is 0 Å². The molecule has 20 heavy (non-hydrogen) atoms. The van der Waals surface area contributed by atoms with Crippen LogP contribution in [0.5, 0.6) is 0 Å². The van der Waals surface area contributed by atoms with Crippen LogP contribution < -0.4 is 5.32 Å². The molecule has 0 radical (unpaired) electrons.